The van der Waals surface area contributed by atoms with Crippen molar-refractivity contribution in [2.75, 3.05) is 0 Å². The van der Waals surface area contributed by atoms with Gasteiger partial charge in [-0.1, -0.05) is 0 Å². The predicted molar refractivity (Wildman–Crippen MR) is 90.0 cm³/mol. The van der Waals surface area contributed by atoms with E-state index in [-0.39, 0.29) is 0 Å². The second kappa shape index (κ2) is 11.5. The summed E-state index contributed by atoms with van der Waals surface area (Å²) in [7, 11) is 0. The third-order valence-electron chi connectivity index (χ3n) is 1.96. The summed E-state index contributed by atoms with van der Waals surface area (Å²) in [5, 5.41) is 0. The van der Waals surface area contributed by atoms with E-state index in [0.717, 1.165) is 5.56 Å². The molecule has 0 fully saturated rings. The van der Waals surface area contributed by atoms with E-state index in [9.17, 15) is 0 Å². The molecule has 0 spiro atoms. The summed E-state index contributed by atoms with van der Waals surface area (Å²) in [6.45, 7) is 1.99. The van der Waals surface area contributed by atoms with E-state index < -0.39 is 0 Å². The van der Waals surface area contributed by atoms with Gasteiger partial charge in [0, 0.05) is 47.2 Å². The molecule has 0 amide bonds. The largest absolute Gasteiger partial charge is 0.243 e. The lowest BCUT2D eigenvalue weighted by Crippen LogP contribution is -2.26. The predicted octanol–water partition coefficient (Wildman–Crippen LogP) is 0.745. The maximum atomic E-state index is 4.92. The molecule has 0 atom stereocenters. The number of hydrogen-bond acceptors (Lipinski definition) is 0. The second-order valence-corrected chi connectivity index (χ2v) is 3.67. The highest BCUT2D eigenvalue weighted by Gasteiger charge is 1.92. The van der Waals surface area contributed by atoms with Crippen molar-refractivity contribution in [2.24, 2.45) is 0 Å². The van der Waals surface area contributed by atoms with Crippen molar-refractivity contribution in [3.05, 3.63) is 30.1 Å². The topological polar surface area (TPSA) is 3.88 Å². The van der Waals surface area contributed by atoms with Gasteiger partial charge in [-0.3, -0.25) is 0 Å². The molecule has 0 N–H and O–H groups in total. The Morgan fingerprint density at radius 2 is 1.22 bits per heavy atom. The van der Waals surface area contributed by atoms with Gasteiger partial charge in [0.25, 0.3) is 0 Å². The van der Waals surface area contributed by atoms with Crippen LogP contribution in [0.25, 0.3) is 0 Å². The van der Waals surface area contributed by atoms with E-state index in [1.54, 1.807) is 4.57 Å². The summed E-state index contributed by atoms with van der Waals surface area (Å²) in [6.07, 6.45) is 8.67. The molecule has 100 valence electrons. The molecule has 0 aliphatic heterocycles. The monoisotopic (exact) mass is 286 g/mol. The Hall–Kier alpha value is -4.37. The normalized spacial score (nSPS) is 5.74. The van der Waals surface area contributed by atoms with E-state index >= 15 is 0 Å². The molecular weight excluding hydrogens is 278 g/mol. The molecule has 0 aliphatic carbocycles. The van der Waals surface area contributed by atoms with Gasteiger partial charge in [0.15, 0.2) is 12.4 Å². The first kappa shape index (κ1) is 16.7. The standard InChI is InChI=1S/C22H8N/c1-3-4-5-6-7-8-9-10-11-12-13-14-15-16-19-23-20-17-18-22(2)21-23/h1,17-18,20-21H,2H3/q+1. The summed E-state index contributed by atoms with van der Waals surface area (Å²) in [4.78, 5) is 0. The van der Waals surface area contributed by atoms with Gasteiger partial charge in [0.05, 0.1) is 5.92 Å². The Labute approximate surface area is 137 Å². The molecule has 0 aliphatic rings. The van der Waals surface area contributed by atoms with Gasteiger partial charge in [-0.25, -0.2) is 0 Å². The zero-order valence-corrected chi connectivity index (χ0v) is 12.3. The average molecular weight is 286 g/mol. The van der Waals surface area contributed by atoms with E-state index in [1.807, 2.05) is 31.5 Å². The summed E-state index contributed by atoms with van der Waals surface area (Å²) >= 11 is 0. The fourth-order valence-corrected chi connectivity index (χ4v) is 1.13. The molecule has 1 heteroatoms. The molecule has 0 aromatic carbocycles. The van der Waals surface area contributed by atoms with Crippen molar-refractivity contribution in [2.45, 2.75) is 6.92 Å². The molecule has 0 unspecified atom stereocenters. The quantitative estimate of drug-likeness (QED) is 0.489. The van der Waals surface area contributed by atoms with Crippen LogP contribution in [0.2, 0.25) is 0 Å². The Morgan fingerprint density at radius 3 is 1.70 bits per heavy atom. The highest BCUT2D eigenvalue weighted by Crippen LogP contribution is 1.87. The van der Waals surface area contributed by atoms with E-state index in [2.05, 4.69) is 88.9 Å². The van der Waals surface area contributed by atoms with Crippen LogP contribution in [0.5, 0.6) is 0 Å². The molecule has 1 aromatic heterocycles. The van der Waals surface area contributed by atoms with Crippen molar-refractivity contribution in [1.82, 2.24) is 0 Å². The molecule has 0 radical (unpaired) electrons. The smallest absolute Gasteiger partial charge is 0.117 e. The van der Waals surface area contributed by atoms with Gasteiger partial charge in [-0.05, 0) is 54.4 Å². The van der Waals surface area contributed by atoms with Crippen LogP contribution in [0.4, 0.5) is 0 Å². The SMILES string of the molecule is C#CC#CC#CC#CC#CC#CC#CC#C[n+]1cccc(C)c1. The van der Waals surface area contributed by atoms with Crippen molar-refractivity contribution in [3.63, 3.8) is 0 Å². The lowest BCUT2D eigenvalue weighted by molar-refractivity contribution is -0.583. The molecule has 23 heavy (non-hydrogen) atoms. The number of aromatic nitrogens is 1. The number of terminal acetylenes is 1. The fourth-order valence-electron chi connectivity index (χ4n) is 1.13. The van der Waals surface area contributed by atoms with Crippen LogP contribution in [0.1, 0.15) is 5.56 Å². The zero-order valence-electron chi connectivity index (χ0n) is 12.3. The van der Waals surface area contributed by atoms with E-state index in [4.69, 9.17) is 6.42 Å². The zero-order chi connectivity index (χ0) is 16.6. The molecule has 1 rings (SSSR count). The van der Waals surface area contributed by atoms with Gasteiger partial charge in [0.1, 0.15) is 0 Å². The third kappa shape index (κ3) is 9.21. The third-order valence-corrected chi connectivity index (χ3v) is 1.96. The van der Waals surface area contributed by atoms with Crippen LogP contribution in [0, 0.1) is 102 Å². The average Bonchev–Trinajstić information content (AvgIpc) is 2.55. The number of hydrogen-bond donors (Lipinski definition) is 0. The van der Waals surface area contributed by atoms with Gasteiger partial charge < -0.3 is 0 Å². The van der Waals surface area contributed by atoms with Crippen LogP contribution in [0.3, 0.4) is 0 Å². The van der Waals surface area contributed by atoms with Crippen LogP contribution in [0.15, 0.2) is 24.5 Å². The Balaban J connectivity index is 2.53. The van der Waals surface area contributed by atoms with Crippen LogP contribution in [-0.4, -0.2) is 0 Å². The molecule has 1 nitrogen and oxygen atoms in total. The first-order valence-electron chi connectivity index (χ1n) is 6.27. The fraction of sp³-hybridized carbons (Fsp3) is 0.0455. The second-order valence-electron chi connectivity index (χ2n) is 3.67. The Morgan fingerprint density at radius 1 is 0.739 bits per heavy atom. The van der Waals surface area contributed by atoms with E-state index in [0.29, 0.717) is 0 Å². The van der Waals surface area contributed by atoms with Crippen molar-refractivity contribution in [3.8, 4) is 95.4 Å². The highest BCUT2D eigenvalue weighted by atomic mass is 14.9. The first-order valence-corrected chi connectivity index (χ1v) is 6.27. The maximum absolute atomic E-state index is 4.92. The summed E-state index contributed by atoms with van der Waals surface area (Å²) < 4.78 is 1.74. The summed E-state index contributed by atoms with van der Waals surface area (Å²) in [6, 6.07) is 6.76. The molecule has 0 saturated carbocycles. The minimum Gasteiger partial charge on any atom is -0.117 e. The van der Waals surface area contributed by atoms with Crippen molar-refractivity contribution >= 4 is 0 Å². The molecule has 0 saturated heterocycles. The number of aryl methyl sites for hydroxylation is 1. The summed E-state index contributed by atoms with van der Waals surface area (Å²) in [5.41, 5.74) is 1.12. The van der Waals surface area contributed by atoms with Crippen molar-refractivity contribution in [1.29, 1.82) is 0 Å². The van der Waals surface area contributed by atoms with Crippen LogP contribution < -0.4 is 4.57 Å². The lowest BCUT2D eigenvalue weighted by Gasteiger charge is -1.83. The first-order chi connectivity index (χ1) is 11.3. The minimum atomic E-state index is 1.12. The number of pyridine rings is 1. The van der Waals surface area contributed by atoms with Gasteiger partial charge >= 0.3 is 0 Å². The maximum Gasteiger partial charge on any atom is 0.243 e. The van der Waals surface area contributed by atoms with E-state index in [1.165, 1.54) is 0 Å². The van der Waals surface area contributed by atoms with Crippen LogP contribution in [-0.2, 0) is 0 Å². The van der Waals surface area contributed by atoms with Gasteiger partial charge in [-0.2, -0.15) is 0 Å². The van der Waals surface area contributed by atoms with Gasteiger partial charge in [-0.15, -0.1) is 11.0 Å². The highest BCUT2D eigenvalue weighted by molar-refractivity contribution is 5.45. The molecule has 0 bridgehead atoms. The number of nitrogens with zero attached hydrogens (tertiary/aromatic N) is 1. The Bertz CT molecular complexity index is 1060. The lowest BCUT2D eigenvalue weighted by atomic mass is 10.3. The molecular formula is C22H8N+. The minimum absolute atomic E-state index is 1.12. The van der Waals surface area contributed by atoms with Crippen LogP contribution >= 0.6 is 0 Å². The molecule has 1 aromatic rings. The molecule has 1 heterocycles. The Kier molecular flexibility index (Phi) is 8.31. The van der Waals surface area contributed by atoms with Crippen molar-refractivity contribution < 1.29 is 4.57 Å². The number of rotatable bonds is 0. The van der Waals surface area contributed by atoms with Gasteiger partial charge in [0.2, 0.25) is 6.04 Å². The summed E-state index contributed by atoms with van der Waals surface area (Å²) in [5.74, 6) is 34.9.